The lowest BCUT2D eigenvalue weighted by Crippen LogP contribution is -2.19. The van der Waals surface area contributed by atoms with Crippen molar-refractivity contribution < 1.29 is 0 Å². The smallest absolute Gasteiger partial charge is 0.164 e. The van der Waals surface area contributed by atoms with E-state index in [0.717, 1.165) is 45.4 Å². The first kappa shape index (κ1) is 31.8. The van der Waals surface area contributed by atoms with Crippen LogP contribution < -0.4 is 0 Å². The molecule has 1 atom stereocenters. The third kappa shape index (κ3) is 5.50. The molecule has 7 aromatic rings. The van der Waals surface area contributed by atoms with Crippen molar-refractivity contribution in [3.63, 3.8) is 0 Å². The van der Waals surface area contributed by atoms with Crippen molar-refractivity contribution in [3.8, 4) is 67.5 Å². The quantitative estimate of drug-likeness (QED) is 0.177. The van der Waals surface area contributed by atoms with Crippen LogP contribution in [0, 0.1) is 0 Å². The molecule has 0 bridgehead atoms. The molecule has 6 aromatic carbocycles. The Kier molecular flexibility index (Phi) is 7.66. The van der Waals surface area contributed by atoms with E-state index in [1.165, 1.54) is 27.8 Å². The number of aromatic nitrogens is 3. The zero-order chi connectivity index (χ0) is 35.3. The van der Waals surface area contributed by atoms with Crippen LogP contribution in [-0.4, -0.2) is 15.0 Å². The zero-order valence-corrected chi connectivity index (χ0v) is 29.7. The van der Waals surface area contributed by atoms with Crippen molar-refractivity contribution in [2.24, 2.45) is 0 Å². The Labute approximate surface area is 306 Å². The molecule has 1 heterocycles. The maximum Gasteiger partial charge on any atom is 0.164 e. The summed E-state index contributed by atoms with van der Waals surface area (Å²) < 4.78 is 0. The van der Waals surface area contributed by atoms with E-state index in [9.17, 15) is 0 Å². The van der Waals surface area contributed by atoms with Gasteiger partial charge >= 0.3 is 0 Å². The van der Waals surface area contributed by atoms with Gasteiger partial charge in [0.15, 0.2) is 17.5 Å². The van der Waals surface area contributed by atoms with Crippen LogP contribution >= 0.6 is 0 Å². The summed E-state index contributed by atoms with van der Waals surface area (Å²) in [6.07, 6.45) is 9.75. The molecule has 0 saturated heterocycles. The Morgan fingerprint density at radius 2 is 1.00 bits per heavy atom. The van der Waals surface area contributed by atoms with Gasteiger partial charge in [-0.05, 0) is 80.8 Å². The molecule has 1 aromatic heterocycles. The molecule has 0 radical (unpaired) electrons. The van der Waals surface area contributed by atoms with Gasteiger partial charge in [0, 0.05) is 27.5 Å². The monoisotopic (exact) mass is 669 g/mol. The molecule has 0 amide bonds. The summed E-state index contributed by atoms with van der Waals surface area (Å²) in [5, 5.41) is 0. The fraction of sp³-hybridized carbons (Fsp3) is 0.122. The molecule has 250 valence electrons. The molecule has 3 nitrogen and oxygen atoms in total. The van der Waals surface area contributed by atoms with Crippen LogP contribution in [0.4, 0.5) is 0 Å². The fourth-order valence-corrected chi connectivity index (χ4v) is 8.00. The second-order valence-electron chi connectivity index (χ2n) is 14.7. The molecule has 0 N–H and O–H groups in total. The molecule has 52 heavy (non-hydrogen) atoms. The number of rotatable bonds is 6. The molecule has 2 aliphatic rings. The third-order valence-electron chi connectivity index (χ3n) is 10.9. The number of nitrogens with zero attached hydrogens (tertiary/aromatic N) is 3. The van der Waals surface area contributed by atoms with Crippen molar-refractivity contribution in [3.05, 3.63) is 187 Å². The highest BCUT2D eigenvalue weighted by Gasteiger charge is 2.37. The van der Waals surface area contributed by atoms with Crippen molar-refractivity contribution in [1.29, 1.82) is 0 Å². The molecule has 0 saturated carbocycles. The van der Waals surface area contributed by atoms with E-state index in [4.69, 9.17) is 15.0 Å². The van der Waals surface area contributed by atoms with E-state index in [2.05, 4.69) is 191 Å². The molecule has 2 aliphatic carbocycles. The van der Waals surface area contributed by atoms with Gasteiger partial charge in [-0.1, -0.05) is 166 Å². The lowest BCUT2D eigenvalue weighted by molar-refractivity contribution is 0.600. The minimum absolute atomic E-state index is 0.104. The number of allylic oxidation sites excluding steroid dienone is 4. The highest BCUT2D eigenvalue weighted by molar-refractivity contribution is 5.91. The summed E-state index contributed by atoms with van der Waals surface area (Å²) in [6, 6.07) is 51.9. The van der Waals surface area contributed by atoms with E-state index >= 15 is 0 Å². The summed E-state index contributed by atoms with van der Waals surface area (Å²) in [6.45, 7) is 6.92. The topological polar surface area (TPSA) is 38.7 Å². The van der Waals surface area contributed by atoms with Crippen LogP contribution in [0.25, 0.3) is 67.5 Å². The van der Waals surface area contributed by atoms with Crippen LogP contribution in [0.3, 0.4) is 0 Å². The lowest BCUT2D eigenvalue weighted by Gasteiger charge is -2.27. The minimum atomic E-state index is -0.138. The highest BCUT2D eigenvalue weighted by atomic mass is 15.0. The molecule has 3 heteroatoms. The Bertz CT molecular complexity index is 2470. The molecule has 0 fully saturated rings. The van der Waals surface area contributed by atoms with Crippen molar-refractivity contribution >= 4 is 0 Å². The van der Waals surface area contributed by atoms with Crippen molar-refractivity contribution in [1.82, 2.24) is 15.0 Å². The van der Waals surface area contributed by atoms with Crippen LogP contribution in [-0.2, 0) is 10.8 Å². The van der Waals surface area contributed by atoms with Crippen LogP contribution in [0.5, 0.6) is 0 Å². The average molecular weight is 670 g/mol. The molecule has 0 spiro atoms. The first-order chi connectivity index (χ1) is 25.4. The Morgan fingerprint density at radius 1 is 0.442 bits per heavy atom. The van der Waals surface area contributed by atoms with Gasteiger partial charge in [0.05, 0.1) is 0 Å². The first-order valence-electron chi connectivity index (χ1n) is 18.1. The zero-order valence-electron chi connectivity index (χ0n) is 29.7. The van der Waals surface area contributed by atoms with Gasteiger partial charge in [0.25, 0.3) is 0 Å². The van der Waals surface area contributed by atoms with Gasteiger partial charge in [-0.2, -0.15) is 0 Å². The molecule has 9 rings (SSSR count). The van der Waals surface area contributed by atoms with Gasteiger partial charge in [-0.25, -0.2) is 15.0 Å². The van der Waals surface area contributed by atoms with E-state index < -0.39 is 0 Å². The number of hydrogen-bond donors (Lipinski definition) is 0. The predicted octanol–water partition coefficient (Wildman–Crippen LogP) is 12.3. The fourth-order valence-electron chi connectivity index (χ4n) is 8.00. The minimum Gasteiger partial charge on any atom is -0.208 e. The van der Waals surface area contributed by atoms with Crippen LogP contribution in [0.15, 0.2) is 170 Å². The molecular formula is C49H39N3. The normalized spacial score (nSPS) is 16.8. The standard InChI is InChI=1S/C49H39N3/c1-48(2)42-25-12-11-23-40(42)44-41(24-16-26-43(44)48)47-51-45(35-21-15-22-39(32-35)49(3)27-13-6-14-28-49)50-46(52-47)38-30-36(33-17-7-4-8-18-33)29-37(31-38)34-19-9-5-10-20-34/h4-27,29-32H,28H2,1-3H3. The van der Waals surface area contributed by atoms with E-state index in [0.29, 0.717) is 17.5 Å². The summed E-state index contributed by atoms with van der Waals surface area (Å²) >= 11 is 0. The Hall–Kier alpha value is -6.19. The van der Waals surface area contributed by atoms with E-state index in [1.807, 2.05) is 0 Å². The Balaban J connectivity index is 1.29. The van der Waals surface area contributed by atoms with Crippen molar-refractivity contribution in [2.45, 2.75) is 38.0 Å². The molecule has 1 unspecified atom stereocenters. The summed E-state index contributed by atoms with van der Waals surface area (Å²) in [5.74, 6) is 1.98. The second kappa shape index (κ2) is 12.5. The van der Waals surface area contributed by atoms with Gasteiger partial charge < -0.3 is 0 Å². The largest absolute Gasteiger partial charge is 0.208 e. The molecule has 0 aliphatic heterocycles. The predicted molar refractivity (Wildman–Crippen MR) is 215 cm³/mol. The SMILES string of the molecule is CC1(c2cccc(-c3nc(-c4cc(-c5ccccc5)cc(-c5ccccc5)c4)nc(-c4cccc5c4-c4ccccc4C5(C)C)n3)c2)C=CC=CC1. The van der Waals surface area contributed by atoms with Gasteiger partial charge in [0.2, 0.25) is 0 Å². The second-order valence-corrected chi connectivity index (χ2v) is 14.7. The van der Waals surface area contributed by atoms with Gasteiger partial charge in [0.1, 0.15) is 0 Å². The first-order valence-corrected chi connectivity index (χ1v) is 18.1. The average Bonchev–Trinajstić information content (AvgIpc) is 3.44. The number of benzene rings is 6. The van der Waals surface area contributed by atoms with E-state index in [-0.39, 0.29) is 10.8 Å². The van der Waals surface area contributed by atoms with Crippen LogP contribution in [0.2, 0.25) is 0 Å². The maximum absolute atomic E-state index is 5.35. The van der Waals surface area contributed by atoms with E-state index in [1.54, 1.807) is 0 Å². The summed E-state index contributed by atoms with van der Waals surface area (Å²) in [7, 11) is 0. The van der Waals surface area contributed by atoms with Crippen molar-refractivity contribution in [2.75, 3.05) is 0 Å². The number of hydrogen-bond acceptors (Lipinski definition) is 3. The molecular weight excluding hydrogens is 631 g/mol. The van der Waals surface area contributed by atoms with Crippen LogP contribution in [0.1, 0.15) is 43.9 Å². The maximum atomic E-state index is 5.35. The van der Waals surface area contributed by atoms with Gasteiger partial charge in [-0.15, -0.1) is 0 Å². The highest BCUT2D eigenvalue weighted by Crippen LogP contribution is 2.51. The lowest BCUT2D eigenvalue weighted by atomic mass is 9.77. The van der Waals surface area contributed by atoms with Gasteiger partial charge in [-0.3, -0.25) is 0 Å². The number of fused-ring (bicyclic) bond motifs is 3. The summed E-state index contributed by atoms with van der Waals surface area (Å²) in [5.41, 5.74) is 13.5. The summed E-state index contributed by atoms with van der Waals surface area (Å²) in [4.78, 5) is 16.0. The third-order valence-corrected chi connectivity index (χ3v) is 10.9. The Morgan fingerprint density at radius 3 is 1.69 bits per heavy atom.